The summed E-state index contributed by atoms with van der Waals surface area (Å²) < 4.78 is 0. The molecule has 2 aromatic rings. The van der Waals surface area contributed by atoms with Crippen LogP contribution in [0.5, 0.6) is 0 Å². The van der Waals surface area contributed by atoms with E-state index in [1.54, 1.807) is 7.05 Å². The van der Waals surface area contributed by atoms with Crippen LogP contribution in [0.2, 0.25) is 0 Å². The van der Waals surface area contributed by atoms with E-state index in [2.05, 4.69) is 10.2 Å². The van der Waals surface area contributed by atoms with Crippen LogP contribution in [-0.2, 0) is 6.54 Å². The third kappa shape index (κ3) is 2.86. The number of benzene rings is 1. The minimum absolute atomic E-state index is 0.181. The number of H-pyrrole nitrogens is 1. The molecule has 2 rings (SSSR count). The molecule has 6 heteroatoms. The van der Waals surface area contributed by atoms with Gasteiger partial charge in [0.25, 0.3) is 11.5 Å². The first-order chi connectivity index (χ1) is 9.11. The molecule has 0 unspecified atom stereocenters. The normalized spacial score (nSPS) is 10.2. The summed E-state index contributed by atoms with van der Waals surface area (Å²) in [6, 6.07) is 10.0. The number of nitrogens with zero attached hydrogens (tertiary/aromatic N) is 2. The van der Waals surface area contributed by atoms with Gasteiger partial charge in [-0.05, 0) is 23.8 Å². The highest BCUT2D eigenvalue weighted by molar-refractivity contribution is 6.04. The zero-order valence-electron chi connectivity index (χ0n) is 10.5. The van der Waals surface area contributed by atoms with E-state index in [0.29, 0.717) is 6.54 Å². The van der Waals surface area contributed by atoms with Gasteiger partial charge in [0.1, 0.15) is 5.69 Å². The first-order valence-corrected chi connectivity index (χ1v) is 5.74. The summed E-state index contributed by atoms with van der Waals surface area (Å²) in [5.74, 6) is -0.301. The number of carbonyl (C=O) groups excluding carboxylic acids is 1. The van der Waals surface area contributed by atoms with Gasteiger partial charge in [0.15, 0.2) is 0 Å². The number of hydrogen-bond donors (Lipinski definition) is 2. The van der Waals surface area contributed by atoms with Crippen molar-refractivity contribution in [2.75, 3.05) is 11.9 Å². The Kier molecular flexibility index (Phi) is 3.72. The molecule has 0 aliphatic rings. The summed E-state index contributed by atoms with van der Waals surface area (Å²) in [4.78, 5) is 24.5. The maximum absolute atomic E-state index is 12.2. The van der Waals surface area contributed by atoms with Crippen molar-refractivity contribution in [2.45, 2.75) is 6.54 Å². The van der Waals surface area contributed by atoms with Gasteiger partial charge in [0.2, 0.25) is 0 Å². The quantitative estimate of drug-likeness (QED) is 0.838. The van der Waals surface area contributed by atoms with Gasteiger partial charge in [-0.1, -0.05) is 12.1 Å². The lowest BCUT2D eigenvalue weighted by atomic mass is 10.2. The van der Waals surface area contributed by atoms with Crippen LogP contribution in [0.1, 0.15) is 16.1 Å². The van der Waals surface area contributed by atoms with Crippen molar-refractivity contribution in [1.82, 2.24) is 10.2 Å². The van der Waals surface area contributed by atoms with Gasteiger partial charge in [-0.3, -0.25) is 9.59 Å². The van der Waals surface area contributed by atoms with Crippen molar-refractivity contribution in [2.24, 2.45) is 5.73 Å². The number of carbonyl (C=O) groups is 1. The summed E-state index contributed by atoms with van der Waals surface area (Å²) in [7, 11) is 1.64. The lowest BCUT2D eigenvalue weighted by molar-refractivity contribution is 0.0987. The molecule has 0 atom stereocenters. The van der Waals surface area contributed by atoms with Gasteiger partial charge in [0.05, 0.1) is 0 Å². The molecule has 1 heterocycles. The van der Waals surface area contributed by atoms with Crippen molar-refractivity contribution >= 4 is 11.6 Å². The molecule has 0 aliphatic carbocycles. The fourth-order valence-electron chi connectivity index (χ4n) is 1.64. The molecule has 1 aromatic heterocycles. The second kappa shape index (κ2) is 5.45. The fourth-order valence-corrected chi connectivity index (χ4v) is 1.64. The van der Waals surface area contributed by atoms with Crippen LogP contribution in [0.3, 0.4) is 0 Å². The van der Waals surface area contributed by atoms with Crippen LogP contribution in [0, 0.1) is 0 Å². The third-order valence-electron chi connectivity index (χ3n) is 2.74. The SMILES string of the molecule is CN(C(=O)c1ccc(=O)[nH]n1)c1cccc(CN)c1. The highest BCUT2D eigenvalue weighted by atomic mass is 16.2. The van der Waals surface area contributed by atoms with Gasteiger partial charge < -0.3 is 10.6 Å². The Morgan fingerprint density at radius 1 is 1.37 bits per heavy atom. The van der Waals surface area contributed by atoms with Gasteiger partial charge in [-0.25, -0.2) is 5.10 Å². The number of nitrogens with one attached hydrogen (secondary N) is 1. The molecular weight excluding hydrogens is 244 g/mol. The lowest BCUT2D eigenvalue weighted by Crippen LogP contribution is -2.28. The molecule has 0 saturated carbocycles. The number of aromatic nitrogens is 2. The minimum atomic E-state index is -0.343. The molecule has 3 N–H and O–H groups in total. The maximum atomic E-state index is 12.2. The van der Waals surface area contributed by atoms with Crippen LogP contribution in [0.25, 0.3) is 0 Å². The Labute approximate surface area is 109 Å². The van der Waals surface area contributed by atoms with Gasteiger partial charge in [-0.15, -0.1) is 0 Å². The molecule has 1 aromatic carbocycles. The zero-order valence-corrected chi connectivity index (χ0v) is 10.5. The highest BCUT2D eigenvalue weighted by Crippen LogP contribution is 2.16. The third-order valence-corrected chi connectivity index (χ3v) is 2.74. The average molecular weight is 258 g/mol. The zero-order chi connectivity index (χ0) is 13.8. The Morgan fingerprint density at radius 2 is 2.16 bits per heavy atom. The molecule has 0 radical (unpaired) electrons. The number of hydrogen-bond acceptors (Lipinski definition) is 4. The van der Waals surface area contributed by atoms with Gasteiger partial charge >= 0.3 is 0 Å². The highest BCUT2D eigenvalue weighted by Gasteiger charge is 2.15. The number of rotatable bonds is 3. The number of amides is 1. The molecule has 98 valence electrons. The van der Waals surface area contributed by atoms with Crippen LogP contribution >= 0.6 is 0 Å². The largest absolute Gasteiger partial charge is 0.326 e. The standard InChI is InChI=1S/C13H14N4O2/c1-17(10-4-2-3-9(7-10)8-14)13(19)11-5-6-12(18)16-15-11/h2-7H,8,14H2,1H3,(H,16,18). The number of anilines is 1. The van der Waals surface area contributed by atoms with Crippen LogP contribution in [0.15, 0.2) is 41.2 Å². The van der Waals surface area contributed by atoms with Crippen molar-refractivity contribution in [3.05, 3.63) is 58.0 Å². The van der Waals surface area contributed by atoms with Crippen molar-refractivity contribution in [3.63, 3.8) is 0 Å². The van der Waals surface area contributed by atoms with Crippen LogP contribution < -0.4 is 16.2 Å². The minimum Gasteiger partial charge on any atom is -0.326 e. The predicted molar refractivity (Wildman–Crippen MR) is 71.9 cm³/mol. The number of nitrogens with two attached hydrogens (primary N) is 1. The van der Waals surface area contributed by atoms with E-state index < -0.39 is 0 Å². The van der Waals surface area contributed by atoms with Crippen molar-refractivity contribution in [1.29, 1.82) is 0 Å². The topological polar surface area (TPSA) is 92.1 Å². The summed E-state index contributed by atoms with van der Waals surface area (Å²) >= 11 is 0. The molecule has 0 fully saturated rings. The first-order valence-electron chi connectivity index (χ1n) is 5.74. The average Bonchev–Trinajstić information content (AvgIpc) is 2.46. The maximum Gasteiger partial charge on any atom is 0.278 e. The monoisotopic (exact) mass is 258 g/mol. The van der Waals surface area contributed by atoms with E-state index in [1.165, 1.54) is 17.0 Å². The Balaban J connectivity index is 2.27. The molecular formula is C13H14N4O2. The summed E-state index contributed by atoms with van der Waals surface area (Å²) in [6.45, 7) is 0.410. The van der Waals surface area contributed by atoms with Crippen molar-refractivity contribution < 1.29 is 4.79 Å². The van der Waals surface area contributed by atoms with E-state index >= 15 is 0 Å². The second-order valence-corrected chi connectivity index (χ2v) is 4.04. The molecule has 0 spiro atoms. The molecule has 0 aliphatic heterocycles. The first kappa shape index (κ1) is 13.0. The van der Waals surface area contributed by atoms with E-state index in [4.69, 9.17) is 5.73 Å². The lowest BCUT2D eigenvalue weighted by Gasteiger charge is -2.17. The smallest absolute Gasteiger partial charge is 0.278 e. The van der Waals surface area contributed by atoms with Crippen molar-refractivity contribution in [3.8, 4) is 0 Å². The Bertz CT molecular complexity index is 631. The van der Waals surface area contributed by atoms with Gasteiger partial charge in [0, 0.05) is 25.3 Å². The molecule has 19 heavy (non-hydrogen) atoms. The predicted octanol–water partition coefficient (Wildman–Crippen LogP) is 0.505. The molecule has 0 saturated heterocycles. The van der Waals surface area contributed by atoms with E-state index in [1.807, 2.05) is 24.3 Å². The fraction of sp³-hybridized carbons (Fsp3) is 0.154. The Morgan fingerprint density at radius 3 is 2.79 bits per heavy atom. The second-order valence-electron chi connectivity index (χ2n) is 4.04. The van der Waals surface area contributed by atoms with E-state index in [-0.39, 0.29) is 17.2 Å². The van der Waals surface area contributed by atoms with Gasteiger partial charge in [-0.2, -0.15) is 5.10 Å². The van der Waals surface area contributed by atoms with Crippen LogP contribution in [-0.4, -0.2) is 23.2 Å². The number of aromatic amines is 1. The molecule has 0 bridgehead atoms. The summed E-state index contributed by atoms with van der Waals surface area (Å²) in [5.41, 5.74) is 7.06. The Hall–Kier alpha value is -2.47. The van der Waals surface area contributed by atoms with E-state index in [9.17, 15) is 9.59 Å². The molecule has 6 nitrogen and oxygen atoms in total. The van der Waals surface area contributed by atoms with Crippen LogP contribution in [0.4, 0.5) is 5.69 Å². The summed E-state index contributed by atoms with van der Waals surface area (Å²) in [5, 5.41) is 5.95. The molecule has 1 amide bonds. The summed E-state index contributed by atoms with van der Waals surface area (Å²) in [6.07, 6.45) is 0. The van der Waals surface area contributed by atoms with E-state index in [0.717, 1.165) is 11.3 Å².